The van der Waals surface area contributed by atoms with Gasteiger partial charge in [0.05, 0.1) is 5.88 Å². The smallest absolute Gasteiger partial charge is 0.233 e. The van der Waals surface area contributed by atoms with E-state index in [1.165, 1.54) is 18.8 Å². The number of hydrogen-bond acceptors (Lipinski definition) is 3. The van der Waals surface area contributed by atoms with Crippen molar-refractivity contribution in [2.45, 2.75) is 6.42 Å². The molecule has 92 valence electrons. The Labute approximate surface area is 105 Å². The number of nitrogens with zero attached hydrogens (tertiary/aromatic N) is 1. The van der Waals surface area contributed by atoms with Crippen LogP contribution in [-0.2, 0) is 9.59 Å². The Balaban J connectivity index is 2.68. The zero-order valence-electron chi connectivity index (χ0n) is 9.86. The number of carbonyl (C=O) groups excluding carboxylic acids is 2. The summed E-state index contributed by atoms with van der Waals surface area (Å²) in [4.78, 5) is 25.6. The largest absolute Gasteiger partial charge is 0.359 e. The van der Waals surface area contributed by atoms with Gasteiger partial charge in [0.1, 0.15) is 6.42 Å². The lowest BCUT2D eigenvalue weighted by Gasteiger charge is -2.28. The summed E-state index contributed by atoms with van der Waals surface area (Å²) < 4.78 is 0. The molecule has 1 N–H and O–H groups in total. The monoisotopic (exact) mass is 252 g/mol. The molecule has 0 radical (unpaired) electrons. The molecule has 1 rings (SSSR count). The quantitative estimate of drug-likeness (QED) is 0.767. The zero-order chi connectivity index (χ0) is 12.8. The van der Waals surface area contributed by atoms with Crippen molar-refractivity contribution >= 4 is 23.6 Å². The predicted molar refractivity (Wildman–Crippen MR) is 70.3 cm³/mol. The van der Waals surface area contributed by atoms with Crippen LogP contribution in [0.3, 0.4) is 0 Å². The molecule has 4 nitrogen and oxygen atoms in total. The predicted octanol–water partition coefficient (Wildman–Crippen LogP) is 1.28. The van der Waals surface area contributed by atoms with Gasteiger partial charge in [-0.15, -0.1) is 11.8 Å². The van der Waals surface area contributed by atoms with Crippen molar-refractivity contribution in [3.63, 3.8) is 0 Å². The summed E-state index contributed by atoms with van der Waals surface area (Å²) in [6.45, 7) is 7.93. The summed E-state index contributed by atoms with van der Waals surface area (Å²) in [5.74, 6) is 0.118. The van der Waals surface area contributed by atoms with Gasteiger partial charge in [0.15, 0.2) is 0 Å². The van der Waals surface area contributed by atoms with Crippen LogP contribution in [0.5, 0.6) is 0 Å². The number of nitrogens with one attached hydrogen (secondary N) is 1. The molecule has 0 aromatic rings. The number of thioether (sulfide) groups is 1. The first kappa shape index (κ1) is 13.6. The van der Waals surface area contributed by atoms with E-state index in [9.17, 15) is 9.59 Å². The molecular weight excluding hydrogens is 236 g/mol. The van der Waals surface area contributed by atoms with Crippen LogP contribution in [0, 0.1) is 0 Å². The summed E-state index contributed by atoms with van der Waals surface area (Å²) in [5, 5.41) is 2.44. The lowest BCUT2D eigenvalue weighted by molar-refractivity contribution is -0.134. The normalized spacial score (nSPS) is 15.5. The number of carbonyl (C=O) groups is 2. The van der Waals surface area contributed by atoms with Gasteiger partial charge in [-0.25, -0.2) is 0 Å². The molecule has 1 aliphatic rings. The molecular formula is C12H16N2O2S. The number of hydrogen-bond donors (Lipinski definition) is 1. The first-order valence-corrected chi connectivity index (χ1v) is 6.20. The highest BCUT2D eigenvalue weighted by molar-refractivity contribution is 8.03. The van der Waals surface area contributed by atoms with Crippen molar-refractivity contribution in [1.29, 1.82) is 0 Å². The molecule has 0 fully saturated rings. The van der Waals surface area contributed by atoms with Crippen LogP contribution in [0.25, 0.3) is 0 Å². The molecule has 0 unspecified atom stereocenters. The Kier molecular flexibility index (Phi) is 5.03. The molecule has 0 saturated carbocycles. The summed E-state index contributed by atoms with van der Waals surface area (Å²) in [6, 6.07) is 0. The lowest BCUT2D eigenvalue weighted by Crippen LogP contribution is -2.37. The van der Waals surface area contributed by atoms with Crippen LogP contribution in [0.2, 0.25) is 0 Å². The molecule has 0 bridgehead atoms. The van der Waals surface area contributed by atoms with Gasteiger partial charge in [-0.1, -0.05) is 25.3 Å². The third kappa shape index (κ3) is 3.49. The molecule has 0 aromatic carbocycles. The summed E-state index contributed by atoms with van der Waals surface area (Å²) in [6.07, 6.45) is 3.39. The molecule has 0 atom stereocenters. The van der Waals surface area contributed by atoms with Crippen molar-refractivity contribution in [1.82, 2.24) is 10.2 Å². The Morgan fingerprint density at radius 3 is 2.71 bits per heavy atom. The molecule has 2 amide bonds. The fourth-order valence-electron chi connectivity index (χ4n) is 1.42. The fourth-order valence-corrected chi connectivity index (χ4v) is 2.40. The van der Waals surface area contributed by atoms with Crippen molar-refractivity contribution in [3.05, 3.63) is 35.8 Å². The van der Waals surface area contributed by atoms with Gasteiger partial charge in [-0.05, 0) is 5.57 Å². The first-order chi connectivity index (χ1) is 8.12. The average molecular weight is 252 g/mol. The maximum Gasteiger partial charge on any atom is 0.233 e. The van der Waals surface area contributed by atoms with E-state index in [1.807, 2.05) is 0 Å². The van der Waals surface area contributed by atoms with Crippen molar-refractivity contribution in [3.8, 4) is 0 Å². The van der Waals surface area contributed by atoms with E-state index in [0.29, 0.717) is 12.4 Å². The molecule has 0 saturated heterocycles. The SMILES string of the molecule is C=CC1=C(C=C)SCN(C(=O)CC(=O)NC)C1. The molecule has 1 aliphatic heterocycles. The van der Waals surface area contributed by atoms with Crippen LogP contribution in [0.4, 0.5) is 0 Å². The highest BCUT2D eigenvalue weighted by Crippen LogP contribution is 2.28. The van der Waals surface area contributed by atoms with E-state index in [0.717, 1.165) is 10.5 Å². The van der Waals surface area contributed by atoms with Gasteiger partial charge < -0.3 is 10.2 Å². The summed E-state index contributed by atoms with van der Waals surface area (Å²) in [5.41, 5.74) is 0.974. The van der Waals surface area contributed by atoms with Crippen LogP contribution < -0.4 is 5.32 Å². The van der Waals surface area contributed by atoms with Crippen LogP contribution in [0.15, 0.2) is 35.8 Å². The average Bonchev–Trinajstić information content (AvgIpc) is 2.37. The fraction of sp³-hybridized carbons (Fsp3) is 0.333. The van der Waals surface area contributed by atoms with Crippen molar-refractivity contribution in [2.75, 3.05) is 19.5 Å². The Morgan fingerprint density at radius 1 is 1.47 bits per heavy atom. The Hall–Kier alpha value is -1.49. The van der Waals surface area contributed by atoms with Gasteiger partial charge in [-0.2, -0.15) is 0 Å². The third-order valence-corrected chi connectivity index (χ3v) is 3.61. The van der Waals surface area contributed by atoms with Crippen molar-refractivity contribution < 1.29 is 9.59 Å². The standard InChI is InChI=1S/C12H16N2O2S/c1-4-9-7-14(8-17-10(9)5-2)12(16)6-11(15)13-3/h4-5H,1-2,6-8H2,3H3,(H,13,15). The molecule has 0 aromatic heterocycles. The minimum atomic E-state index is -0.265. The first-order valence-electron chi connectivity index (χ1n) is 5.21. The number of amides is 2. The zero-order valence-corrected chi connectivity index (χ0v) is 10.7. The molecule has 17 heavy (non-hydrogen) atoms. The van der Waals surface area contributed by atoms with Gasteiger partial charge in [0.25, 0.3) is 0 Å². The maximum atomic E-state index is 11.8. The second-order valence-corrected chi connectivity index (χ2v) is 4.50. The lowest BCUT2D eigenvalue weighted by atomic mass is 10.2. The molecule has 0 aliphatic carbocycles. The summed E-state index contributed by atoms with van der Waals surface area (Å²) >= 11 is 1.53. The highest BCUT2D eigenvalue weighted by Gasteiger charge is 2.22. The summed E-state index contributed by atoms with van der Waals surface area (Å²) in [7, 11) is 1.52. The second-order valence-electron chi connectivity index (χ2n) is 3.51. The van der Waals surface area contributed by atoms with Gasteiger partial charge in [0.2, 0.25) is 11.8 Å². The van der Waals surface area contributed by atoms with E-state index in [-0.39, 0.29) is 18.2 Å². The van der Waals surface area contributed by atoms with Gasteiger partial charge in [0, 0.05) is 18.5 Å². The Morgan fingerprint density at radius 2 is 2.18 bits per heavy atom. The van der Waals surface area contributed by atoms with Gasteiger partial charge >= 0.3 is 0 Å². The maximum absolute atomic E-state index is 11.8. The van der Waals surface area contributed by atoms with Crippen LogP contribution >= 0.6 is 11.8 Å². The minimum Gasteiger partial charge on any atom is -0.359 e. The van der Waals surface area contributed by atoms with Crippen LogP contribution in [0.1, 0.15) is 6.42 Å². The van der Waals surface area contributed by atoms with E-state index < -0.39 is 0 Å². The van der Waals surface area contributed by atoms with E-state index in [4.69, 9.17) is 0 Å². The number of rotatable bonds is 4. The van der Waals surface area contributed by atoms with Gasteiger partial charge in [-0.3, -0.25) is 9.59 Å². The molecule has 1 heterocycles. The topological polar surface area (TPSA) is 49.4 Å². The van der Waals surface area contributed by atoms with E-state index >= 15 is 0 Å². The van der Waals surface area contributed by atoms with E-state index in [1.54, 1.807) is 17.1 Å². The Bertz CT molecular complexity index is 388. The van der Waals surface area contributed by atoms with E-state index in [2.05, 4.69) is 18.5 Å². The minimum absolute atomic E-state index is 0.106. The highest BCUT2D eigenvalue weighted by atomic mass is 32.2. The molecule has 5 heteroatoms. The van der Waals surface area contributed by atoms with Crippen molar-refractivity contribution in [2.24, 2.45) is 0 Å². The van der Waals surface area contributed by atoms with Crippen LogP contribution in [-0.4, -0.2) is 36.2 Å². The molecule has 0 spiro atoms. The number of allylic oxidation sites excluding steroid dienone is 1. The second kappa shape index (κ2) is 6.30. The third-order valence-electron chi connectivity index (χ3n) is 2.43.